The van der Waals surface area contributed by atoms with E-state index in [4.69, 9.17) is 9.51 Å². The highest BCUT2D eigenvalue weighted by molar-refractivity contribution is 5.78. The van der Waals surface area contributed by atoms with Crippen LogP contribution in [-0.4, -0.2) is 39.0 Å². The van der Waals surface area contributed by atoms with Crippen LogP contribution in [-0.2, 0) is 4.79 Å². The van der Waals surface area contributed by atoms with E-state index in [1.807, 2.05) is 37.9 Å². The Bertz CT molecular complexity index is 802. The van der Waals surface area contributed by atoms with Crippen LogP contribution in [0.25, 0.3) is 11.3 Å². The van der Waals surface area contributed by atoms with Crippen LogP contribution in [0.3, 0.4) is 0 Å². The molecule has 0 atom stereocenters. The fourth-order valence-electron chi connectivity index (χ4n) is 3.68. The fourth-order valence-corrected chi connectivity index (χ4v) is 3.68. The SMILES string of the molecule is Cc1cc(-c2cnc(C3CC3)nc2C2CCN(C(=O)C(C)C)CC2)on1. The van der Waals surface area contributed by atoms with Crippen LogP contribution in [0.4, 0.5) is 0 Å². The van der Waals surface area contributed by atoms with Gasteiger partial charge in [0, 0.05) is 43.1 Å². The maximum atomic E-state index is 12.3. The normalized spacial score (nSPS) is 18.5. The number of amides is 1. The van der Waals surface area contributed by atoms with Crippen LogP contribution in [0, 0.1) is 12.8 Å². The van der Waals surface area contributed by atoms with Crippen molar-refractivity contribution in [3.8, 4) is 11.3 Å². The Balaban J connectivity index is 1.60. The zero-order valence-corrected chi connectivity index (χ0v) is 15.7. The van der Waals surface area contributed by atoms with E-state index >= 15 is 0 Å². The van der Waals surface area contributed by atoms with Crippen molar-refractivity contribution < 1.29 is 9.32 Å². The molecule has 0 spiro atoms. The van der Waals surface area contributed by atoms with Crippen molar-refractivity contribution in [2.24, 2.45) is 5.92 Å². The van der Waals surface area contributed by atoms with E-state index in [0.717, 1.165) is 54.5 Å². The maximum absolute atomic E-state index is 12.3. The summed E-state index contributed by atoms with van der Waals surface area (Å²) in [6.07, 6.45) is 6.13. The van der Waals surface area contributed by atoms with Crippen LogP contribution in [0.2, 0.25) is 0 Å². The first-order valence-electron chi connectivity index (χ1n) is 9.62. The lowest BCUT2D eigenvalue weighted by Gasteiger charge is -2.33. The predicted octanol–water partition coefficient (Wildman–Crippen LogP) is 3.68. The van der Waals surface area contributed by atoms with Crippen LogP contribution in [0.1, 0.15) is 68.6 Å². The van der Waals surface area contributed by atoms with Gasteiger partial charge in [0.1, 0.15) is 5.82 Å². The van der Waals surface area contributed by atoms with Crippen LogP contribution < -0.4 is 0 Å². The Morgan fingerprint density at radius 2 is 1.92 bits per heavy atom. The van der Waals surface area contributed by atoms with Crippen LogP contribution >= 0.6 is 0 Å². The van der Waals surface area contributed by atoms with Gasteiger partial charge in [0.05, 0.1) is 17.0 Å². The van der Waals surface area contributed by atoms with Gasteiger partial charge >= 0.3 is 0 Å². The van der Waals surface area contributed by atoms with E-state index < -0.39 is 0 Å². The zero-order valence-electron chi connectivity index (χ0n) is 15.7. The minimum Gasteiger partial charge on any atom is -0.356 e. The highest BCUT2D eigenvalue weighted by Crippen LogP contribution is 2.41. The smallest absolute Gasteiger partial charge is 0.225 e. The number of carbonyl (C=O) groups excluding carboxylic acids is 1. The fraction of sp³-hybridized carbons (Fsp3) is 0.600. The van der Waals surface area contributed by atoms with Gasteiger partial charge in [0.25, 0.3) is 0 Å². The van der Waals surface area contributed by atoms with Gasteiger partial charge < -0.3 is 9.42 Å². The summed E-state index contributed by atoms with van der Waals surface area (Å²) in [5.74, 6) is 2.84. The van der Waals surface area contributed by atoms with Gasteiger partial charge in [-0.1, -0.05) is 19.0 Å². The quantitative estimate of drug-likeness (QED) is 0.837. The molecule has 0 radical (unpaired) electrons. The maximum Gasteiger partial charge on any atom is 0.225 e. The average molecular weight is 354 g/mol. The minimum atomic E-state index is 0.0554. The molecule has 0 unspecified atom stereocenters. The van der Waals surface area contributed by atoms with E-state index in [0.29, 0.717) is 11.8 Å². The zero-order chi connectivity index (χ0) is 18.3. The summed E-state index contributed by atoms with van der Waals surface area (Å²) in [7, 11) is 0. The van der Waals surface area contributed by atoms with Gasteiger partial charge in [0.15, 0.2) is 5.76 Å². The summed E-state index contributed by atoms with van der Waals surface area (Å²) in [4.78, 5) is 23.8. The van der Waals surface area contributed by atoms with Crippen LogP contribution in [0.5, 0.6) is 0 Å². The third-order valence-corrected chi connectivity index (χ3v) is 5.36. The molecule has 26 heavy (non-hydrogen) atoms. The van der Waals surface area contributed by atoms with E-state index in [9.17, 15) is 4.79 Å². The molecule has 2 aromatic rings. The van der Waals surface area contributed by atoms with E-state index in [1.54, 1.807) is 0 Å². The van der Waals surface area contributed by atoms with Gasteiger partial charge in [-0.25, -0.2) is 9.97 Å². The Hall–Kier alpha value is -2.24. The summed E-state index contributed by atoms with van der Waals surface area (Å²) in [6.45, 7) is 7.43. The third kappa shape index (κ3) is 3.37. The molecule has 0 aromatic carbocycles. The number of hydrogen-bond donors (Lipinski definition) is 0. The molecule has 2 aromatic heterocycles. The Morgan fingerprint density at radius 3 is 2.50 bits per heavy atom. The second-order valence-corrected chi connectivity index (χ2v) is 7.89. The molecule has 2 fully saturated rings. The summed E-state index contributed by atoms with van der Waals surface area (Å²) in [5.41, 5.74) is 2.87. The molecule has 6 nitrogen and oxygen atoms in total. The molecule has 1 saturated heterocycles. The number of aryl methyl sites for hydroxylation is 1. The molecule has 0 N–H and O–H groups in total. The molecular formula is C20H26N4O2. The lowest BCUT2D eigenvalue weighted by molar-refractivity contribution is -0.135. The largest absolute Gasteiger partial charge is 0.356 e. The summed E-state index contributed by atoms with van der Waals surface area (Å²) < 4.78 is 5.49. The summed E-state index contributed by atoms with van der Waals surface area (Å²) >= 11 is 0. The number of hydrogen-bond acceptors (Lipinski definition) is 5. The summed E-state index contributed by atoms with van der Waals surface area (Å²) in [5, 5.41) is 4.02. The highest BCUT2D eigenvalue weighted by atomic mass is 16.5. The first-order valence-corrected chi connectivity index (χ1v) is 9.62. The highest BCUT2D eigenvalue weighted by Gasteiger charge is 2.31. The topological polar surface area (TPSA) is 72.1 Å². The van der Waals surface area contributed by atoms with Gasteiger partial charge in [-0.2, -0.15) is 0 Å². The lowest BCUT2D eigenvalue weighted by atomic mass is 9.89. The first-order chi connectivity index (χ1) is 12.5. The average Bonchev–Trinajstić information content (AvgIpc) is 3.42. The second-order valence-electron chi connectivity index (χ2n) is 7.89. The van der Waals surface area contributed by atoms with E-state index in [-0.39, 0.29) is 11.8 Å². The van der Waals surface area contributed by atoms with Crippen molar-refractivity contribution in [1.29, 1.82) is 0 Å². The Morgan fingerprint density at radius 1 is 1.19 bits per heavy atom. The number of nitrogens with zero attached hydrogens (tertiary/aromatic N) is 4. The lowest BCUT2D eigenvalue weighted by Crippen LogP contribution is -2.40. The number of piperidine rings is 1. The van der Waals surface area contributed by atoms with Crippen molar-refractivity contribution >= 4 is 5.91 Å². The van der Waals surface area contributed by atoms with Crippen molar-refractivity contribution in [3.05, 3.63) is 29.5 Å². The molecule has 6 heteroatoms. The third-order valence-electron chi connectivity index (χ3n) is 5.36. The molecule has 1 saturated carbocycles. The molecule has 0 bridgehead atoms. The second kappa shape index (κ2) is 6.82. The number of rotatable bonds is 4. The molecule has 138 valence electrons. The van der Waals surface area contributed by atoms with Crippen molar-refractivity contribution in [3.63, 3.8) is 0 Å². The molecule has 3 heterocycles. The minimum absolute atomic E-state index is 0.0554. The van der Waals surface area contributed by atoms with Crippen molar-refractivity contribution in [2.45, 2.75) is 58.3 Å². The number of aromatic nitrogens is 3. The van der Waals surface area contributed by atoms with Crippen molar-refractivity contribution in [2.75, 3.05) is 13.1 Å². The molecule has 1 aliphatic heterocycles. The predicted molar refractivity (Wildman–Crippen MR) is 97.6 cm³/mol. The molecule has 1 amide bonds. The monoisotopic (exact) mass is 354 g/mol. The Kier molecular flexibility index (Phi) is 4.51. The van der Waals surface area contributed by atoms with Gasteiger partial charge in [-0.3, -0.25) is 4.79 Å². The molecule has 4 rings (SSSR count). The Labute approximate surface area is 154 Å². The van der Waals surface area contributed by atoms with E-state index in [1.165, 1.54) is 12.8 Å². The standard InChI is InChI=1S/C20H26N4O2/c1-12(2)20(25)24-8-6-14(7-9-24)18-16(17-10-13(3)23-26-17)11-21-19(22-18)15-4-5-15/h10-12,14-15H,4-9H2,1-3H3. The van der Waals surface area contributed by atoms with E-state index in [2.05, 4.69) is 10.1 Å². The molecule has 1 aliphatic carbocycles. The van der Waals surface area contributed by atoms with Gasteiger partial charge in [-0.05, 0) is 32.6 Å². The van der Waals surface area contributed by atoms with Gasteiger partial charge in [-0.15, -0.1) is 0 Å². The van der Waals surface area contributed by atoms with Gasteiger partial charge in [0.2, 0.25) is 5.91 Å². The number of likely N-dealkylation sites (tertiary alicyclic amines) is 1. The van der Waals surface area contributed by atoms with Crippen LogP contribution in [0.15, 0.2) is 16.8 Å². The summed E-state index contributed by atoms with van der Waals surface area (Å²) in [6, 6.07) is 1.94. The molecule has 2 aliphatic rings. The molecular weight excluding hydrogens is 328 g/mol. The first kappa shape index (κ1) is 17.2. The number of carbonyl (C=O) groups is 1. The van der Waals surface area contributed by atoms with Crippen molar-refractivity contribution in [1.82, 2.24) is 20.0 Å².